The fraction of sp³-hybridized carbons (Fsp3) is 0.588. The minimum atomic E-state index is -0.165. The van der Waals surface area contributed by atoms with E-state index in [0.717, 1.165) is 24.3 Å². The molecule has 0 unspecified atom stereocenters. The molecule has 2 aliphatic rings. The van der Waals surface area contributed by atoms with E-state index in [0.29, 0.717) is 11.7 Å². The Bertz CT molecular complexity index is 534. The second kappa shape index (κ2) is 4.24. The maximum atomic E-state index is 12.7. The number of anilines is 1. The summed E-state index contributed by atoms with van der Waals surface area (Å²) in [5.74, 6) is 1.65. The van der Waals surface area contributed by atoms with E-state index in [1.165, 1.54) is 0 Å². The van der Waals surface area contributed by atoms with Crippen molar-refractivity contribution in [3.63, 3.8) is 0 Å². The van der Waals surface area contributed by atoms with E-state index in [1.54, 1.807) is 7.11 Å². The third-order valence-corrected chi connectivity index (χ3v) is 5.95. The van der Waals surface area contributed by atoms with Crippen LogP contribution in [0.4, 0.5) is 5.69 Å². The summed E-state index contributed by atoms with van der Waals surface area (Å²) in [6.45, 7) is 6.64. The summed E-state index contributed by atoms with van der Waals surface area (Å²) in [5.41, 5.74) is 0.923. The first-order valence-electron chi connectivity index (χ1n) is 7.35. The predicted octanol–water partition coefficient (Wildman–Crippen LogP) is 3.50. The monoisotopic (exact) mass is 273 g/mol. The molecule has 3 atom stereocenters. The van der Waals surface area contributed by atoms with Crippen LogP contribution >= 0.6 is 0 Å². The zero-order chi connectivity index (χ0) is 14.5. The molecular weight excluding hydrogens is 250 g/mol. The van der Waals surface area contributed by atoms with Gasteiger partial charge in [0.05, 0.1) is 13.2 Å². The van der Waals surface area contributed by atoms with Crippen molar-refractivity contribution in [2.45, 2.75) is 39.7 Å². The van der Waals surface area contributed by atoms with Gasteiger partial charge in [-0.2, -0.15) is 0 Å². The number of rotatable bonds is 3. The van der Waals surface area contributed by atoms with Gasteiger partial charge in [-0.05, 0) is 48.4 Å². The van der Waals surface area contributed by atoms with Crippen LogP contribution in [-0.2, 0) is 4.79 Å². The Balaban J connectivity index is 1.83. The average Bonchev–Trinajstić information content (AvgIpc) is 2.74. The first kappa shape index (κ1) is 13.5. The number of ketones is 1. The molecule has 0 aromatic heterocycles. The van der Waals surface area contributed by atoms with Gasteiger partial charge in [-0.1, -0.05) is 20.8 Å². The van der Waals surface area contributed by atoms with Crippen LogP contribution in [-0.4, -0.2) is 18.9 Å². The van der Waals surface area contributed by atoms with Crippen molar-refractivity contribution in [2.75, 3.05) is 12.4 Å². The number of carbonyl (C=O) groups excluding carboxylic acids is 1. The van der Waals surface area contributed by atoms with Gasteiger partial charge < -0.3 is 10.1 Å². The van der Waals surface area contributed by atoms with Gasteiger partial charge in [-0.3, -0.25) is 4.79 Å². The van der Waals surface area contributed by atoms with Crippen LogP contribution in [0.3, 0.4) is 0 Å². The quantitative estimate of drug-likeness (QED) is 0.916. The molecule has 3 rings (SSSR count). The molecule has 2 saturated carbocycles. The third-order valence-electron chi connectivity index (χ3n) is 5.95. The highest BCUT2D eigenvalue weighted by Gasteiger charge is 2.66. The number of hydrogen-bond acceptors (Lipinski definition) is 3. The second-order valence-electron chi connectivity index (χ2n) is 6.91. The van der Waals surface area contributed by atoms with Crippen molar-refractivity contribution in [3.05, 3.63) is 24.3 Å². The summed E-state index contributed by atoms with van der Waals surface area (Å²) in [7, 11) is 1.66. The maximum Gasteiger partial charge on any atom is 0.161 e. The van der Waals surface area contributed by atoms with E-state index in [4.69, 9.17) is 4.74 Å². The Hall–Kier alpha value is -1.51. The van der Waals surface area contributed by atoms with Gasteiger partial charge in [0.2, 0.25) is 0 Å². The van der Waals surface area contributed by atoms with Gasteiger partial charge in [-0.25, -0.2) is 0 Å². The second-order valence-corrected chi connectivity index (χ2v) is 6.91. The minimum Gasteiger partial charge on any atom is -0.497 e. The molecule has 1 aromatic carbocycles. The molecule has 20 heavy (non-hydrogen) atoms. The minimum absolute atomic E-state index is 0.0443. The van der Waals surface area contributed by atoms with Gasteiger partial charge in [0.1, 0.15) is 5.75 Å². The lowest BCUT2D eigenvalue weighted by Gasteiger charge is -2.32. The van der Waals surface area contributed by atoms with Gasteiger partial charge >= 0.3 is 0 Å². The zero-order valence-corrected chi connectivity index (χ0v) is 12.7. The van der Waals surface area contributed by atoms with Crippen molar-refractivity contribution in [2.24, 2.45) is 16.7 Å². The summed E-state index contributed by atoms with van der Waals surface area (Å²) in [4.78, 5) is 12.7. The normalized spacial score (nSPS) is 34.3. The van der Waals surface area contributed by atoms with Crippen LogP contribution in [0.5, 0.6) is 5.75 Å². The Kier molecular flexibility index (Phi) is 2.86. The number of hydrogen-bond donors (Lipinski definition) is 1. The van der Waals surface area contributed by atoms with Crippen molar-refractivity contribution in [1.29, 1.82) is 0 Å². The molecule has 3 heteroatoms. The van der Waals surface area contributed by atoms with Crippen LogP contribution < -0.4 is 10.1 Å². The number of Topliss-reactive ketones (excluding diaryl/α,β-unsaturated/α-hetero) is 1. The summed E-state index contributed by atoms with van der Waals surface area (Å²) < 4.78 is 5.16. The van der Waals surface area contributed by atoms with E-state index < -0.39 is 0 Å². The lowest BCUT2D eigenvalue weighted by molar-refractivity contribution is -0.128. The number of methoxy groups -OCH3 is 1. The Morgan fingerprint density at radius 2 is 1.85 bits per heavy atom. The summed E-state index contributed by atoms with van der Waals surface area (Å²) in [5, 5.41) is 3.45. The lowest BCUT2D eigenvalue weighted by Crippen LogP contribution is -2.38. The summed E-state index contributed by atoms with van der Waals surface area (Å²) in [6.07, 6.45) is 2.17. The number of nitrogens with one attached hydrogen (secondary N) is 1. The number of carbonyl (C=O) groups is 1. The molecule has 3 nitrogen and oxygen atoms in total. The lowest BCUT2D eigenvalue weighted by atomic mass is 9.70. The van der Waals surface area contributed by atoms with Crippen molar-refractivity contribution in [1.82, 2.24) is 0 Å². The highest BCUT2D eigenvalue weighted by molar-refractivity contribution is 5.96. The molecule has 0 heterocycles. The highest BCUT2D eigenvalue weighted by atomic mass is 16.5. The highest BCUT2D eigenvalue weighted by Crippen LogP contribution is 2.63. The van der Waals surface area contributed by atoms with Crippen LogP contribution in [0.2, 0.25) is 0 Å². The van der Waals surface area contributed by atoms with Crippen molar-refractivity contribution < 1.29 is 9.53 Å². The fourth-order valence-corrected chi connectivity index (χ4v) is 4.12. The van der Waals surface area contributed by atoms with Crippen LogP contribution in [0.25, 0.3) is 0 Å². The molecule has 0 radical (unpaired) electrons. The molecule has 2 aliphatic carbocycles. The standard InChI is InChI=1S/C17H23NO2/c1-16(2)13-9-10-17(16,3)15(19)14(13)18-11-5-7-12(20-4)8-6-11/h5-8,13-14,18H,9-10H2,1-4H3/t13-,14-,17-/m1/s1. The molecule has 0 spiro atoms. The van der Waals surface area contributed by atoms with E-state index in [9.17, 15) is 4.79 Å². The van der Waals surface area contributed by atoms with Gasteiger partial charge in [0.15, 0.2) is 5.78 Å². The number of fused-ring (bicyclic) bond motifs is 2. The molecule has 1 N–H and O–H groups in total. The molecule has 2 fully saturated rings. The SMILES string of the molecule is COc1ccc(N[C@H]2C(=O)[C@@]3(C)CC[C@H]2C3(C)C)cc1. The number of ether oxygens (including phenoxy) is 1. The van der Waals surface area contributed by atoms with E-state index >= 15 is 0 Å². The van der Waals surface area contributed by atoms with Crippen molar-refractivity contribution in [3.8, 4) is 5.75 Å². The van der Waals surface area contributed by atoms with Crippen LogP contribution in [0.1, 0.15) is 33.6 Å². The molecule has 0 saturated heterocycles. The molecule has 108 valence electrons. The Morgan fingerprint density at radius 1 is 1.20 bits per heavy atom. The number of benzene rings is 1. The summed E-state index contributed by atoms with van der Waals surface area (Å²) in [6, 6.07) is 7.76. The maximum absolute atomic E-state index is 12.7. The smallest absolute Gasteiger partial charge is 0.161 e. The van der Waals surface area contributed by atoms with Crippen LogP contribution in [0, 0.1) is 16.7 Å². The Labute approximate surface area is 120 Å². The fourth-order valence-electron chi connectivity index (χ4n) is 4.12. The first-order valence-corrected chi connectivity index (χ1v) is 7.35. The first-order chi connectivity index (χ1) is 9.40. The Morgan fingerprint density at radius 3 is 2.35 bits per heavy atom. The van der Waals surface area contributed by atoms with E-state index in [-0.39, 0.29) is 16.9 Å². The van der Waals surface area contributed by atoms with Gasteiger partial charge in [0.25, 0.3) is 0 Å². The molecule has 1 aromatic rings. The predicted molar refractivity (Wildman–Crippen MR) is 80.0 cm³/mol. The molecular formula is C17H23NO2. The summed E-state index contributed by atoms with van der Waals surface area (Å²) >= 11 is 0. The molecule has 2 bridgehead atoms. The topological polar surface area (TPSA) is 38.3 Å². The van der Waals surface area contributed by atoms with E-state index in [1.807, 2.05) is 24.3 Å². The van der Waals surface area contributed by atoms with Crippen LogP contribution in [0.15, 0.2) is 24.3 Å². The largest absolute Gasteiger partial charge is 0.497 e. The van der Waals surface area contributed by atoms with Gasteiger partial charge in [0, 0.05) is 11.1 Å². The third kappa shape index (κ3) is 1.62. The van der Waals surface area contributed by atoms with Gasteiger partial charge in [-0.15, -0.1) is 0 Å². The van der Waals surface area contributed by atoms with Crippen molar-refractivity contribution >= 4 is 11.5 Å². The molecule has 0 amide bonds. The molecule has 0 aliphatic heterocycles. The average molecular weight is 273 g/mol. The zero-order valence-electron chi connectivity index (χ0n) is 12.7. The van der Waals surface area contributed by atoms with E-state index in [2.05, 4.69) is 26.1 Å².